The number of carbonyl (C=O) groups excluding carboxylic acids is 1. The number of benzene rings is 1. The van der Waals surface area contributed by atoms with Crippen LogP contribution in [0.4, 0.5) is 5.69 Å². The van der Waals surface area contributed by atoms with Gasteiger partial charge in [-0.05, 0) is 42.7 Å². The first-order chi connectivity index (χ1) is 10.2. The number of halogens is 1. The number of anilines is 1. The van der Waals surface area contributed by atoms with Crippen molar-refractivity contribution in [2.24, 2.45) is 0 Å². The molecule has 1 aromatic carbocycles. The fourth-order valence-corrected chi connectivity index (χ4v) is 2.19. The molecule has 0 fully saturated rings. The molecule has 0 unspecified atom stereocenters. The number of aryl methyl sites for hydroxylation is 1. The van der Waals surface area contributed by atoms with Crippen molar-refractivity contribution in [3.8, 4) is 0 Å². The van der Waals surface area contributed by atoms with Gasteiger partial charge in [-0.3, -0.25) is 0 Å². The summed E-state index contributed by atoms with van der Waals surface area (Å²) >= 11 is 5.95. The lowest BCUT2D eigenvalue weighted by molar-refractivity contribution is 0.0594. The highest BCUT2D eigenvalue weighted by Crippen LogP contribution is 2.13. The molecule has 1 heterocycles. The lowest BCUT2D eigenvalue weighted by Gasteiger charge is -2.07. The van der Waals surface area contributed by atoms with Crippen LogP contribution in [0.3, 0.4) is 0 Å². The summed E-state index contributed by atoms with van der Waals surface area (Å²) in [5.74, 6) is -0.433. The highest BCUT2D eigenvalue weighted by molar-refractivity contribution is 6.30. The summed E-state index contributed by atoms with van der Waals surface area (Å²) in [6.07, 6.45) is 3.50. The molecular formula is C16H17ClN2O2. The Labute approximate surface area is 129 Å². The monoisotopic (exact) mass is 304 g/mol. The van der Waals surface area contributed by atoms with Crippen LogP contribution in [0.2, 0.25) is 5.02 Å². The van der Waals surface area contributed by atoms with E-state index in [-0.39, 0.29) is 0 Å². The average molecular weight is 305 g/mol. The number of hydrogen-bond donors (Lipinski definition) is 1. The zero-order valence-electron chi connectivity index (χ0n) is 11.8. The minimum absolute atomic E-state index is 0.303. The van der Waals surface area contributed by atoms with Crippen LogP contribution in [0.5, 0.6) is 0 Å². The molecule has 4 nitrogen and oxygen atoms in total. The van der Waals surface area contributed by atoms with Crippen molar-refractivity contribution in [2.75, 3.05) is 19.0 Å². The Morgan fingerprint density at radius 2 is 2.19 bits per heavy atom. The maximum absolute atomic E-state index is 11.4. The van der Waals surface area contributed by atoms with Gasteiger partial charge in [0, 0.05) is 23.5 Å². The normalized spacial score (nSPS) is 10.2. The van der Waals surface area contributed by atoms with E-state index in [0.29, 0.717) is 5.69 Å². The molecule has 0 spiro atoms. The van der Waals surface area contributed by atoms with Crippen LogP contribution >= 0.6 is 11.6 Å². The van der Waals surface area contributed by atoms with E-state index in [1.807, 2.05) is 24.3 Å². The largest absolute Gasteiger partial charge is 0.464 e. The fourth-order valence-electron chi connectivity index (χ4n) is 1.97. The molecule has 110 valence electrons. The van der Waals surface area contributed by atoms with Gasteiger partial charge in [0.1, 0.15) is 5.69 Å². The fraction of sp³-hybridized carbons (Fsp3) is 0.250. The van der Waals surface area contributed by atoms with E-state index in [1.54, 1.807) is 12.3 Å². The lowest BCUT2D eigenvalue weighted by Crippen LogP contribution is -2.07. The minimum Gasteiger partial charge on any atom is -0.464 e. The third kappa shape index (κ3) is 4.76. The summed E-state index contributed by atoms with van der Waals surface area (Å²) in [6.45, 7) is 0.803. The summed E-state index contributed by atoms with van der Waals surface area (Å²) in [6, 6.07) is 11.4. The minimum atomic E-state index is -0.433. The Morgan fingerprint density at radius 3 is 2.95 bits per heavy atom. The van der Waals surface area contributed by atoms with Crippen molar-refractivity contribution in [1.29, 1.82) is 0 Å². The highest BCUT2D eigenvalue weighted by Gasteiger charge is 2.06. The second kappa shape index (κ2) is 7.64. The first-order valence-corrected chi connectivity index (χ1v) is 7.09. The van der Waals surface area contributed by atoms with E-state index in [1.165, 1.54) is 12.7 Å². The molecule has 5 heteroatoms. The molecule has 0 amide bonds. The summed E-state index contributed by atoms with van der Waals surface area (Å²) in [5, 5.41) is 4.03. The van der Waals surface area contributed by atoms with Crippen molar-refractivity contribution in [3.05, 3.63) is 58.9 Å². The van der Waals surface area contributed by atoms with Gasteiger partial charge >= 0.3 is 5.97 Å². The number of esters is 1. The third-order valence-corrected chi connectivity index (χ3v) is 3.25. The van der Waals surface area contributed by atoms with Gasteiger partial charge in [0.25, 0.3) is 0 Å². The van der Waals surface area contributed by atoms with Crippen LogP contribution in [-0.4, -0.2) is 24.6 Å². The third-order valence-electron chi connectivity index (χ3n) is 3.01. The van der Waals surface area contributed by atoms with Crippen LogP contribution in [0, 0.1) is 0 Å². The van der Waals surface area contributed by atoms with Gasteiger partial charge in [-0.2, -0.15) is 0 Å². The number of nitrogens with one attached hydrogen (secondary N) is 1. The number of hydrogen-bond acceptors (Lipinski definition) is 4. The number of nitrogens with zero attached hydrogens (tertiary/aromatic N) is 1. The van der Waals surface area contributed by atoms with Crippen molar-refractivity contribution in [3.63, 3.8) is 0 Å². The Balaban J connectivity index is 1.82. The summed E-state index contributed by atoms with van der Waals surface area (Å²) in [5.41, 5.74) is 2.38. The van der Waals surface area contributed by atoms with E-state index in [9.17, 15) is 4.79 Å². The van der Waals surface area contributed by atoms with E-state index < -0.39 is 5.97 Å². The van der Waals surface area contributed by atoms with Gasteiger partial charge in [0.05, 0.1) is 7.11 Å². The van der Waals surface area contributed by atoms with Crippen molar-refractivity contribution < 1.29 is 9.53 Å². The number of methoxy groups -OCH3 is 1. The van der Waals surface area contributed by atoms with E-state index in [0.717, 1.165) is 30.1 Å². The molecule has 0 aliphatic rings. The van der Waals surface area contributed by atoms with Gasteiger partial charge in [0.15, 0.2) is 0 Å². The summed E-state index contributed by atoms with van der Waals surface area (Å²) < 4.78 is 4.64. The number of pyridine rings is 1. The number of carbonyl (C=O) groups is 1. The topological polar surface area (TPSA) is 51.2 Å². The Morgan fingerprint density at radius 1 is 1.33 bits per heavy atom. The Kier molecular flexibility index (Phi) is 5.58. The van der Waals surface area contributed by atoms with E-state index in [2.05, 4.69) is 21.1 Å². The quantitative estimate of drug-likeness (QED) is 0.655. The van der Waals surface area contributed by atoms with Crippen LogP contribution in [-0.2, 0) is 11.2 Å². The second-order valence-electron chi connectivity index (χ2n) is 4.58. The van der Waals surface area contributed by atoms with Crippen LogP contribution in [0.25, 0.3) is 0 Å². The molecule has 1 aromatic heterocycles. The predicted molar refractivity (Wildman–Crippen MR) is 83.8 cm³/mol. The number of rotatable bonds is 6. The van der Waals surface area contributed by atoms with Crippen molar-refractivity contribution in [1.82, 2.24) is 4.98 Å². The molecule has 1 N–H and O–H groups in total. The number of ether oxygens (including phenoxy) is 1. The average Bonchev–Trinajstić information content (AvgIpc) is 2.51. The SMILES string of the molecule is COC(=O)c1cc(NCCCc2cccc(Cl)c2)ccn1. The molecule has 0 atom stereocenters. The lowest BCUT2D eigenvalue weighted by atomic mass is 10.1. The predicted octanol–water partition coefficient (Wildman–Crippen LogP) is 3.57. The highest BCUT2D eigenvalue weighted by atomic mass is 35.5. The first-order valence-electron chi connectivity index (χ1n) is 6.72. The van der Waals surface area contributed by atoms with Crippen LogP contribution < -0.4 is 5.32 Å². The maximum Gasteiger partial charge on any atom is 0.356 e. The summed E-state index contributed by atoms with van der Waals surface area (Å²) in [4.78, 5) is 15.4. The van der Waals surface area contributed by atoms with Gasteiger partial charge in [-0.15, -0.1) is 0 Å². The smallest absolute Gasteiger partial charge is 0.356 e. The van der Waals surface area contributed by atoms with Gasteiger partial charge < -0.3 is 10.1 Å². The maximum atomic E-state index is 11.4. The standard InChI is InChI=1S/C16H17ClN2O2/c1-21-16(20)15-11-14(7-9-19-15)18-8-3-5-12-4-2-6-13(17)10-12/h2,4,6-7,9-11H,3,5,8H2,1H3,(H,18,19). The molecule has 0 saturated heterocycles. The van der Waals surface area contributed by atoms with Gasteiger partial charge in [-0.1, -0.05) is 23.7 Å². The molecule has 0 radical (unpaired) electrons. The molecule has 2 rings (SSSR count). The van der Waals surface area contributed by atoms with Crippen LogP contribution in [0.15, 0.2) is 42.6 Å². The molecule has 0 bridgehead atoms. The molecule has 0 aliphatic heterocycles. The first kappa shape index (κ1) is 15.3. The Bertz CT molecular complexity index is 617. The molecule has 2 aromatic rings. The Hall–Kier alpha value is -2.07. The van der Waals surface area contributed by atoms with Crippen LogP contribution in [0.1, 0.15) is 22.5 Å². The molecule has 21 heavy (non-hydrogen) atoms. The summed E-state index contributed by atoms with van der Waals surface area (Å²) in [7, 11) is 1.34. The van der Waals surface area contributed by atoms with E-state index >= 15 is 0 Å². The zero-order chi connectivity index (χ0) is 15.1. The van der Waals surface area contributed by atoms with Crippen molar-refractivity contribution in [2.45, 2.75) is 12.8 Å². The number of aromatic nitrogens is 1. The molecular weight excluding hydrogens is 288 g/mol. The molecule has 0 saturated carbocycles. The second-order valence-corrected chi connectivity index (χ2v) is 5.02. The zero-order valence-corrected chi connectivity index (χ0v) is 12.6. The van der Waals surface area contributed by atoms with E-state index in [4.69, 9.17) is 11.6 Å². The van der Waals surface area contributed by atoms with Gasteiger partial charge in [0.2, 0.25) is 0 Å². The van der Waals surface area contributed by atoms with Gasteiger partial charge in [-0.25, -0.2) is 9.78 Å². The van der Waals surface area contributed by atoms with Crippen molar-refractivity contribution >= 4 is 23.3 Å². The molecule has 0 aliphatic carbocycles.